The molecule has 5 heteroatoms. The minimum absolute atomic E-state index is 0.0180. The predicted molar refractivity (Wildman–Crippen MR) is 114 cm³/mol. The van der Waals surface area contributed by atoms with Gasteiger partial charge in [-0.1, -0.05) is 78.9 Å². The zero-order chi connectivity index (χ0) is 20.7. The number of ether oxygens (including phenoxy) is 1. The van der Waals surface area contributed by atoms with E-state index < -0.39 is 11.6 Å². The molecule has 2 unspecified atom stereocenters. The van der Waals surface area contributed by atoms with Crippen molar-refractivity contribution >= 4 is 17.5 Å². The summed E-state index contributed by atoms with van der Waals surface area (Å²) >= 11 is 0. The summed E-state index contributed by atoms with van der Waals surface area (Å²) in [5.41, 5.74) is 2.81. The Kier molecular flexibility index (Phi) is 4.40. The highest BCUT2D eigenvalue weighted by atomic mass is 16.5. The maximum absolute atomic E-state index is 13.2. The fraction of sp³-hybridized carbons (Fsp3) is 0.200. The van der Waals surface area contributed by atoms with Crippen LogP contribution in [-0.2, 0) is 26.5 Å². The molecule has 2 aliphatic heterocycles. The first-order valence-electron chi connectivity index (χ1n) is 10.0. The smallest absolute Gasteiger partial charge is 0.256 e. The number of benzene rings is 3. The van der Waals surface area contributed by atoms with Crippen LogP contribution in [0, 0.1) is 0 Å². The van der Waals surface area contributed by atoms with Crippen LogP contribution in [0.25, 0.3) is 0 Å². The van der Waals surface area contributed by atoms with E-state index in [0.717, 1.165) is 22.4 Å². The average molecular weight is 398 g/mol. The highest BCUT2D eigenvalue weighted by Crippen LogP contribution is 2.52. The largest absolute Gasteiger partial charge is 0.360 e. The van der Waals surface area contributed by atoms with Crippen molar-refractivity contribution in [1.82, 2.24) is 4.90 Å². The third kappa shape index (κ3) is 2.59. The van der Waals surface area contributed by atoms with Crippen LogP contribution >= 0.6 is 0 Å². The molecule has 2 amide bonds. The molecule has 0 spiro atoms. The Morgan fingerprint density at radius 2 is 1.53 bits per heavy atom. The molecule has 5 rings (SSSR count). The standard InChI is InChI=1S/C25H22N2O3/c1-26-21-15-9-8-14-20(21)25(19-12-6-3-7-13-19)23(24(29)27(25)16-22(26)28)30-17-18-10-4-2-5-11-18/h2-15,23H,16-17H2,1H3. The number of anilines is 1. The van der Waals surface area contributed by atoms with Gasteiger partial charge in [0.05, 0.1) is 6.61 Å². The fourth-order valence-electron chi connectivity index (χ4n) is 4.62. The second kappa shape index (κ2) is 7.11. The van der Waals surface area contributed by atoms with E-state index in [-0.39, 0.29) is 18.4 Å². The molecule has 0 bridgehead atoms. The van der Waals surface area contributed by atoms with E-state index in [1.54, 1.807) is 16.8 Å². The molecule has 0 radical (unpaired) electrons. The van der Waals surface area contributed by atoms with Crippen molar-refractivity contribution in [1.29, 1.82) is 0 Å². The van der Waals surface area contributed by atoms with Crippen molar-refractivity contribution in [2.24, 2.45) is 0 Å². The number of nitrogens with zero attached hydrogens (tertiary/aromatic N) is 2. The first kappa shape index (κ1) is 18.6. The molecular weight excluding hydrogens is 376 g/mol. The lowest BCUT2D eigenvalue weighted by molar-refractivity contribution is -0.192. The number of fused-ring (bicyclic) bond motifs is 3. The molecule has 0 N–H and O–H groups in total. The Morgan fingerprint density at radius 1 is 0.900 bits per heavy atom. The maximum atomic E-state index is 13.2. The SMILES string of the molecule is CN1C(=O)CN2C(=O)C(OCc3ccccc3)C2(c2ccccc2)c2ccccc21. The predicted octanol–water partition coefficient (Wildman–Crippen LogP) is 3.33. The molecule has 0 aromatic heterocycles. The van der Waals surface area contributed by atoms with Crippen molar-refractivity contribution < 1.29 is 14.3 Å². The van der Waals surface area contributed by atoms with E-state index in [2.05, 4.69) is 0 Å². The van der Waals surface area contributed by atoms with E-state index in [4.69, 9.17) is 4.74 Å². The normalized spacial score (nSPS) is 22.8. The highest BCUT2D eigenvalue weighted by molar-refractivity contribution is 6.04. The van der Waals surface area contributed by atoms with E-state index in [1.807, 2.05) is 84.9 Å². The van der Waals surface area contributed by atoms with Gasteiger partial charge < -0.3 is 14.5 Å². The Balaban J connectivity index is 1.67. The summed E-state index contributed by atoms with van der Waals surface area (Å²) < 4.78 is 6.27. The highest BCUT2D eigenvalue weighted by Gasteiger charge is 2.65. The van der Waals surface area contributed by atoms with Gasteiger partial charge in [0.1, 0.15) is 12.1 Å². The number of rotatable bonds is 4. The first-order chi connectivity index (χ1) is 14.6. The van der Waals surface area contributed by atoms with Crippen molar-refractivity contribution in [2.45, 2.75) is 18.2 Å². The van der Waals surface area contributed by atoms with Gasteiger partial charge in [0.25, 0.3) is 5.91 Å². The van der Waals surface area contributed by atoms with Crippen molar-refractivity contribution in [3.05, 3.63) is 102 Å². The van der Waals surface area contributed by atoms with Gasteiger partial charge in [-0.25, -0.2) is 0 Å². The van der Waals surface area contributed by atoms with E-state index in [9.17, 15) is 9.59 Å². The van der Waals surface area contributed by atoms with Crippen LogP contribution in [0.5, 0.6) is 0 Å². The summed E-state index contributed by atoms with van der Waals surface area (Å²) in [6.45, 7) is 0.343. The molecule has 2 aliphatic rings. The molecule has 150 valence electrons. The monoisotopic (exact) mass is 398 g/mol. The van der Waals surface area contributed by atoms with Crippen molar-refractivity contribution in [3.8, 4) is 0 Å². The maximum Gasteiger partial charge on any atom is 0.256 e. The van der Waals surface area contributed by atoms with Crippen LogP contribution in [0.15, 0.2) is 84.9 Å². The fourth-order valence-corrected chi connectivity index (χ4v) is 4.62. The van der Waals surface area contributed by atoms with Gasteiger partial charge in [0.2, 0.25) is 5.91 Å². The molecule has 2 atom stereocenters. The van der Waals surface area contributed by atoms with Crippen LogP contribution in [0.1, 0.15) is 16.7 Å². The quantitative estimate of drug-likeness (QED) is 0.634. The zero-order valence-electron chi connectivity index (χ0n) is 16.7. The van der Waals surface area contributed by atoms with Gasteiger partial charge in [-0.2, -0.15) is 0 Å². The Hall–Kier alpha value is -3.44. The molecule has 5 nitrogen and oxygen atoms in total. The van der Waals surface area contributed by atoms with Crippen molar-refractivity contribution in [3.63, 3.8) is 0 Å². The molecule has 3 aromatic carbocycles. The Morgan fingerprint density at radius 3 is 2.27 bits per heavy atom. The molecular formula is C25H22N2O3. The van der Waals surface area contributed by atoms with Gasteiger partial charge in [0, 0.05) is 18.3 Å². The van der Waals surface area contributed by atoms with Gasteiger partial charge in [0.15, 0.2) is 6.10 Å². The summed E-state index contributed by atoms with van der Waals surface area (Å²) in [6, 6.07) is 27.5. The number of hydrogen-bond acceptors (Lipinski definition) is 3. The van der Waals surface area contributed by atoms with Crippen LogP contribution in [0.3, 0.4) is 0 Å². The average Bonchev–Trinajstić information content (AvgIpc) is 2.88. The minimum atomic E-state index is -0.843. The molecule has 0 saturated carbocycles. The number of β-lactam (4-membered cyclic amide) rings is 1. The third-order valence-electron chi connectivity index (χ3n) is 6.11. The molecule has 3 aromatic rings. The molecule has 1 saturated heterocycles. The van der Waals surface area contributed by atoms with Crippen LogP contribution in [0.2, 0.25) is 0 Å². The Labute approximate surface area is 175 Å². The van der Waals surface area contributed by atoms with Crippen LogP contribution < -0.4 is 4.90 Å². The summed E-state index contributed by atoms with van der Waals surface area (Å²) in [5, 5.41) is 0. The minimum Gasteiger partial charge on any atom is -0.360 e. The van der Waals surface area contributed by atoms with Gasteiger partial charge >= 0.3 is 0 Å². The summed E-state index contributed by atoms with van der Waals surface area (Å²) in [4.78, 5) is 29.4. The summed E-state index contributed by atoms with van der Waals surface area (Å²) in [6.07, 6.45) is -0.708. The number of likely N-dealkylation sites (N-methyl/N-ethyl adjacent to an activating group) is 1. The lowest BCUT2D eigenvalue weighted by Gasteiger charge is -2.56. The lowest BCUT2D eigenvalue weighted by Crippen LogP contribution is -2.73. The van der Waals surface area contributed by atoms with Crippen LogP contribution in [-0.4, -0.2) is 36.4 Å². The molecule has 0 aliphatic carbocycles. The van der Waals surface area contributed by atoms with Gasteiger partial charge in [-0.15, -0.1) is 0 Å². The number of carbonyl (C=O) groups is 2. The van der Waals surface area contributed by atoms with Gasteiger partial charge in [-0.3, -0.25) is 9.59 Å². The first-order valence-corrected chi connectivity index (χ1v) is 10.0. The third-order valence-corrected chi connectivity index (χ3v) is 6.11. The van der Waals surface area contributed by atoms with Crippen molar-refractivity contribution in [2.75, 3.05) is 18.5 Å². The zero-order valence-corrected chi connectivity index (χ0v) is 16.7. The number of carbonyl (C=O) groups excluding carboxylic acids is 2. The van der Waals surface area contributed by atoms with E-state index in [1.165, 1.54) is 0 Å². The van der Waals surface area contributed by atoms with Gasteiger partial charge in [-0.05, 0) is 17.2 Å². The summed E-state index contributed by atoms with van der Waals surface area (Å²) in [5.74, 6) is -0.275. The molecule has 30 heavy (non-hydrogen) atoms. The summed E-state index contributed by atoms with van der Waals surface area (Å²) in [7, 11) is 1.76. The number of hydrogen-bond donors (Lipinski definition) is 0. The number of para-hydroxylation sites is 1. The Bertz CT molecular complexity index is 1100. The van der Waals surface area contributed by atoms with E-state index >= 15 is 0 Å². The number of amides is 2. The second-order valence-electron chi connectivity index (χ2n) is 7.70. The molecule has 2 heterocycles. The lowest BCUT2D eigenvalue weighted by atomic mass is 9.69. The van der Waals surface area contributed by atoms with Crippen LogP contribution in [0.4, 0.5) is 5.69 Å². The molecule has 1 fully saturated rings. The topological polar surface area (TPSA) is 49.9 Å². The second-order valence-corrected chi connectivity index (χ2v) is 7.70. The van der Waals surface area contributed by atoms with E-state index in [0.29, 0.717) is 6.61 Å².